The third-order valence-corrected chi connectivity index (χ3v) is 2.08. The lowest BCUT2D eigenvalue weighted by Crippen LogP contribution is -1.98. The summed E-state index contributed by atoms with van der Waals surface area (Å²) < 4.78 is 20.3. The van der Waals surface area contributed by atoms with E-state index < -0.39 is 16.8 Å². The van der Waals surface area contributed by atoms with E-state index in [-0.39, 0.29) is 5.76 Å². The highest BCUT2D eigenvalue weighted by Gasteiger charge is 2.11. The summed E-state index contributed by atoms with van der Waals surface area (Å²) in [7, 11) is 0.316. The summed E-state index contributed by atoms with van der Waals surface area (Å²) in [6, 6.07) is 3.13. The highest BCUT2D eigenvalue weighted by Crippen LogP contribution is 2.10. The number of carbonyl (C=O) groups is 1. The van der Waals surface area contributed by atoms with Crippen molar-refractivity contribution in [2.75, 3.05) is 13.4 Å². The maximum Gasteiger partial charge on any atom is 0.373 e. The number of methoxy groups -OCH3 is 1. The van der Waals surface area contributed by atoms with E-state index in [1.807, 2.05) is 0 Å². The lowest BCUT2D eigenvalue weighted by Gasteiger charge is -1.93. The molecule has 1 aromatic rings. The second-order valence-electron chi connectivity index (χ2n) is 2.48. The minimum Gasteiger partial charge on any atom is -0.463 e. The minimum absolute atomic E-state index is 0.142. The summed E-state index contributed by atoms with van der Waals surface area (Å²) >= 11 is 0. The lowest BCUT2D eigenvalue weighted by atomic mass is 10.4. The van der Waals surface area contributed by atoms with Crippen molar-refractivity contribution in [3.63, 3.8) is 0 Å². The predicted molar refractivity (Wildman–Crippen MR) is 47.8 cm³/mol. The molecule has 0 spiro atoms. The monoisotopic (exact) mass is 202 g/mol. The summed E-state index contributed by atoms with van der Waals surface area (Å²) in [6.45, 7) is 0. The second kappa shape index (κ2) is 4.23. The van der Waals surface area contributed by atoms with Crippen molar-refractivity contribution in [1.29, 1.82) is 0 Å². The van der Waals surface area contributed by atoms with Gasteiger partial charge in [0.15, 0.2) is 0 Å². The van der Waals surface area contributed by atoms with E-state index in [0.717, 1.165) is 0 Å². The Kier molecular flexibility index (Phi) is 3.25. The molecule has 1 unspecified atom stereocenters. The van der Waals surface area contributed by atoms with Crippen molar-refractivity contribution >= 4 is 16.8 Å². The van der Waals surface area contributed by atoms with Crippen LogP contribution in [0.4, 0.5) is 0 Å². The Labute approximate surface area is 78.3 Å². The highest BCUT2D eigenvalue weighted by molar-refractivity contribution is 7.83. The summed E-state index contributed by atoms with van der Waals surface area (Å²) in [5, 5.41) is 0. The number of rotatable bonds is 3. The number of hydrogen-bond acceptors (Lipinski definition) is 4. The van der Waals surface area contributed by atoms with Gasteiger partial charge in [0, 0.05) is 17.1 Å². The molecule has 1 atom stereocenters. The molecule has 0 aliphatic heterocycles. The van der Waals surface area contributed by atoms with Crippen molar-refractivity contribution in [1.82, 2.24) is 0 Å². The molecule has 5 heteroatoms. The zero-order chi connectivity index (χ0) is 9.84. The quantitative estimate of drug-likeness (QED) is 0.684. The molecule has 72 valence electrons. The first-order valence-corrected chi connectivity index (χ1v) is 5.33. The third kappa shape index (κ3) is 2.69. The normalized spacial score (nSPS) is 12.5. The number of furan rings is 1. The van der Waals surface area contributed by atoms with Gasteiger partial charge >= 0.3 is 5.97 Å². The zero-order valence-electron chi connectivity index (χ0n) is 7.40. The first-order chi connectivity index (χ1) is 6.13. The molecular formula is C8H10O4S. The minimum atomic E-state index is -0.964. The van der Waals surface area contributed by atoms with Crippen LogP contribution in [0.25, 0.3) is 0 Å². The molecule has 0 aromatic carbocycles. The van der Waals surface area contributed by atoms with Gasteiger partial charge in [-0.05, 0) is 12.1 Å². The van der Waals surface area contributed by atoms with Crippen LogP contribution in [0.2, 0.25) is 0 Å². The van der Waals surface area contributed by atoms with Gasteiger partial charge in [0.2, 0.25) is 5.76 Å². The zero-order valence-corrected chi connectivity index (χ0v) is 8.22. The maximum atomic E-state index is 10.9. The number of esters is 1. The molecule has 1 rings (SSSR count). The first-order valence-electron chi connectivity index (χ1n) is 3.60. The van der Waals surface area contributed by atoms with E-state index in [1.54, 1.807) is 12.3 Å². The predicted octanol–water partition coefficient (Wildman–Crippen LogP) is 0.945. The van der Waals surface area contributed by atoms with Gasteiger partial charge in [-0.3, -0.25) is 4.21 Å². The van der Waals surface area contributed by atoms with E-state index in [1.165, 1.54) is 13.2 Å². The fourth-order valence-corrected chi connectivity index (χ4v) is 1.42. The smallest absolute Gasteiger partial charge is 0.373 e. The van der Waals surface area contributed by atoms with Gasteiger partial charge in [0.25, 0.3) is 0 Å². The van der Waals surface area contributed by atoms with Gasteiger partial charge in [0.1, 0.15) is 5.76 Å². The maximum absolute atomic E-state index is 10.9. The van der Waals surface area contributed by atoms with Gasteiger partial charge in [-0.15, -0.1) is 0 Å². The molecule has 1 heterocycles. The van der Waals surface area contributed by atoms with Gasteiger partial charge in [0.05, 0.1) is 12.9 Å². The van der Waals surface area contributed by atoms with Crippen LogP contribution in [0.5, 0.6) is 0 Å². The van der Waals surface area contributed by atoms with Gasteiger partial charge < -0.3 is 9.15 Å². The van der Waals surface area contributed by atoms with E-state index in [0.29, 0.717) is 11.5 Å². The average molecular weight is 202 g/mol. The average Bonchev–Trinajstić information content (AvgIpc) is 2.50. The number of ether oxygens (including phenoxy) is 1. The Bertz CT molecular complexity index is 329. The van der Waals surface area contributed by atoms with Crippen molar-refractivity contribution in [3.05, 3.63) is 23.7 Å². The summed E-state index contributed by atoms with van der Waals surface area (Å²) in [4.78, 5) is 10.9. The Morgan fingerprint density at radius 1 is 1.62 bits per heavy atom. The van der Waals surface area contributed by atoms with Gasteiger partial charge in [-0.1, -0.05) is 0 Å². The highest BCUT2D eigenvalue weighted by atomic mass is 32.2. The Hall–Kier alpha value is -1.10. The molecule has 0 amide bonds. The fourth-order valence-electron chi connectivity index (χ4n) is 0.866. The van der Waals surface area contributed by atoms with Crippen molar-refractivity contribution in [2.24, 2.45) is 0 Å². The lowest BCUT2D eigenvalue weighted by molar-refractivity contribution is 0.0563. The van der Waals surface area contributed by atoms with Crippen LogP contribution < -0.4 is 0 Å². The fraction of sp³-hybridized carbons (Fsp3) is 0.375. The van der Waals surface area contributed by atoms with E-state index in [2.05, 4.69) is 4.74 Å². The van der Waals surface area contributed by atoms with Crippen LogP contribution in [0.15, 0.2) is 16.5 Å². The Morgan fingerprint density at radius 3 is 2.85 bits per heavy atom. The number of hydrogen-bond donors (Lipinski definition) is 0. The van der Waals surface area contributed by atoms with Crippen LogP contribution in [0.3, 0.4) is 0 Å². The van der Waals surface area contributed by atoms with Gasteiger partial charge in [-0.25, -0.2) is 4.79 Å². The molecule has 0 aliphatic carbocycles. The van der Waals surface area contributed by atoms with Crippen LogP contribution >= 0.6 is 0 Å². The van der Waals surface area contributed by atoms with Crippen molar-refractivity contribution in [3.8, 4) is 0 Å². The summed E-state index contributed by atoms with van der Waals surface area (Å²) in [5.41, 5.74) is 0. The molecule has 0 radical (unpaired) electrons. The molecule has 0 saturated heterocycles. The molecule has 0 N–H and O–H groups in total. The topological polar surface area (TPSA) is 56.5 Å². The van der Waals surface area contributed by atoms with Crippen LogP contribution in [0.1, 0.15) is 16.3 Å². The largest absolute Gasteiger partial charge is 0.463 e. The Morgan fingerprint density at radius 2 is 2.31 bits per heavy atom. The van der Waals surface area contributed by atoms with E-state index in [4.69, 9.17) is 4.42 Å². The molecule has 1 aromatic heterocycles. The molecule has 0 saturated carbocycles. The van der Waals surface area contributed by atoms with Crippen LogP contribution in [-0.4, -0.2) is 23.5 Å². The van der Waals surface area contributed by atoms with Crippen molar-refractivity contribution in [2.45, 2.75) is 5.75 Å². The van der Waals surface area contributed by atoms with Crippen LogP contribution in [-0.2, 0) is 21.3 Å². The second-order valence-corrected chi connectivity index (χ2v) is 3.91. The van der Waals surface area contributed by atoms with Gasteiger partial charge in [-0.2, -0.15) is 0 Å². The van der Waals surface area contributed by atoms with Crippen molar-refractivity contribution < 1.29 is 18.2 Å². The Balaban J connectivity index is 2.74. The summed E-state index contributed by atoms with van der Waals surface area (Å²) in [6.07, 6.45) is 1.57. The molecule has 4 nitrogen and oxygen atoms in total. The molecule has 13 heavy (non-hydrogen) atoms. The standard InChI is InChI=1S/C8H10O4S/c1-11-8(9)7-4-3-6(12-7)5-13(2)10/h3-4H,5H2,1-2H3. The number of carbonyl (C=O) groups excluding carboxylic acids is 1. The summed E-state index contributed by atoms with van der Waals surface area (Å²) in [5.74, 6) is 0.467. The van der Waals surface area contributed by atoms with E-state index in [9.17, 15) is 9.00 Å². The van der Waals surface area contributed by atoms with E-state index >= 15 is 0 Å². The SMILES string of the molecule is COC(=O)c1ccc(CS(C)=O)o1. The van der Waals surface area contributed by atoms with Crippen LogP contribution in [0, 0.1) is 0 Å². The molecule has 0 fully saturated rings. The first kappa shape index (κ1) is 9.98. The molecule has 0 bridgehead atoms. The molecular weight excluding hydrogens is 192 g/mol. The molecule has 0 aliphatic rings. The third-order valence-electron chi connectivity index (χ3n) is 1.39.